The monoisotopic (exact) mass is 248 g/mol. The van der Waals surface area contributed by atoms with Crippen LogP contribution in [0.4, 0.5) is 0 Å². The Bertz CT molecular complexity index is 453. The highest BCUT2D eigenvalue weighted by Gasteiger charge is 2.21. The Labute approximate surface area is 108 Å². The molecule has 4 nitrogen and oxygen atoms in total. The molecule has 0 radical (unpaired) electrons. The number of amides is 1. The molecule has 2 rings (SSSR count). The smallest absolute Gasteiger partial charge is 0.276 e. The number of nitrogens with zero attached hydrogens (tertiary/aromatic N) is 2. The van der Waals surface area contributed by atoms with E-state index in [9.17, 15) is 9.90 Å². The van der Waals surface area contributed by atoms with Gasteiger partial charge >= 0.3 is 0 Å². The molecule has 0 saturated carbocycles. The predicted molar refractivity (Wildman–Crippen MR) is 69.8 cm³/mol. The van der Waals surface area contributed by atoms with Gasteiger partial charge in [0.05, 0.1) is 0 Å². The Balaban J connectivity index is 2.36. The van der Waals surface area contributed by atoms with Crippen molar-refractivity contribution in [1.29, 1.82) is 0 Å². The Hall–Kier alpha value is -1.58. The van der Waals surface area contributed by atoms with Crippen molar-refractivity contribution >= 4 is 5.91 Å². The maximum atomic E-state index is 12.2. The van der Waals surface area contributed by atoms with E-state index in [-0.39, 0.29) is 17.4 Å². The van der Waals surface area contributed by atoms with Crippen LogP contribution in [0.25, 0.3) is 0 Å². The summed E-state index contributed by atoms with van der Waals surface area (Å²) in [6.07, 6.45) is 4.12. The summed E-state index contributed by atoms with van der Waals surface area (Å²) in [7, 11) is 0. The Morgan fingerprint density at radius 2 is 2.00 bits per heavy atom. The molecular weight excluding hydrogens is 228 g/mol. The Morgan fingerprint density at radius 3 is 2.67 bits per heavy atom. The van der Waals surface area contributed by atoms with Gasteiger partial charge in [-0.2, -0.15) is 0 Å². The van der Waals surface area contributed by atoms with E-state index in [1.165, 1.54) is 0 Å². The minimum Gasteiger partial charge on any atom is -0.505 e. The first-order valence-corrected chi connectivity index (χ1v) is 6.68. The van der Waals surface area contributed by atoms with Crippen molar-refractivity contribution in [1.82, 2.24) is 9.88 Å². The first-order valence-electron chi connectivity index (χ1n) is 6.68. The molecule has 1 aliphatic rings. The van der Waals surface area contributed by atoms with Crippen molar-refractivity contribution in [3.8, 4) is 5.75 Å². The van der Waals surface area contributed by atoms with Gasteiger partial charge in [-0.25, -0.2) is 4.98 Å². The summed E-state index contributed by atoms with van der Waals surface area (Å²) in [5.41, 5.74) is 2.28. The van der Waals surface area contributed by atoms with E-state index >= 15 is 0 Å². The van der Waals surface area contributed by atoms with Crippen LogP contribution in [0.2, 0.25) is 0 Å². The number of carbonyl (C=O) groups excluding carboxylic acids is 1. The molecule has 4 heteroatoms. The fraction of sp³-hybridized carbons (Fsp3) is 0.571. The van der Waals surface area contributed by atoms with Crippen molar-refractivity contribution < 1.29 is 9.90 Å². The fourth-order valence-electron chi connectivity index (χ4n) is 2.44. The first-order chi connectivity index (χ1) is 8.67. The number of hydrogen-bond donors (Lipinski definition) is 1. The van der Waals surface area contributed by atoms with Gasteiger partial charge in [-0.05, 0) is 51.2 Å². The Kier molecular flexibility index (Phi) is 3.84. The molecule has 1 N–H and O–H groups in total. The third-order valence-electron chi connectivity index (χ3n) is 3.53. The summed E-state index contributed by atoms with van der Waals surface area (Å²) in [5, 5.41) is 9.97. The van der Waals surface area contributed by atoms with Crippen molar-refractivity contribution in [2.75, 3.05) is 13.1 Å². The average molecular weight is 248 g/mol. The standard InChI is InChI=1S/C14H20N2O2/c1-3-16(4-2)14(18)13-12(17)9-10-7-5-6-8-11(10)15-13/h9,17H,3-8H2,1-2H3. The number of rotatable bonds is 3. The summed E-state index contributed by atoms with van der Waals surface area (Å²) < 4.78 is 0. The Morgan fingerprint density at radius 1 is 1.33 bits per heavy atom. The maximum absolute atomic E-state index is 12.2. The zero-order valence-corrected chi connectivity index (χ0v) is 11.1. The number of hydrogen-bond acceptors (Lipinski definition) is 3. The number of fused-ring (bicyclic) bond motifs is 1. The molecule has 1 heterocycles. The van der Waals surface area contributed by atoms with Crippen LogP contribution >= 0.6 is 0 Å². The zero-order chi connectivity index (χ0) is 13.1. The second-order valence-corrected chi connectivity index (χ2v) is 4.65. The van der Waals surface area contributed by atoms with E-state index in [2.05, 4.69) is 4.98 Å². The molecule has 18 heavy (non-hydrogen) atoms. The second-order valence-electron chi connectivity index (χ2n) is 4.65. The third kappa shape index (κ3) is 2.33. The lowest BCUT2D eigenvalue weighted by Gasteiger charge is -2.21. The van der Waals surface area contributed by atoms with E-state index in [0.29, 0.717) is 13.1 Å². The van der Waals surface area contributed by atoms with Gasteiger partial charge in [-0.15, -0.1) is 0 Å². The summed E-state index contributed by atoms with van der Waals surface area (Å²) in [5.74, 6) is -0.154. The van der Waals surface area contributed by atoms with Crippen molar-refractivity contribution in [2.45, 2.75) is 39.5 Å². The van der Waals surface area contributed by atoms with Gasteiger partial charge in [-0.1, -0.05) is 0 Å². The molecule has 1 aliphatic carbocycles. The normalized spacial score (nSPS) is 14.1. The first kappa shape index (κ1) is 12.9. The van der Waals surface area contributed by atoms with Gasteiger partial charge in [0, 0.05) is 18.8 Å². The molecule has 1 aromatic heterocycles. The highest BCUT2D eigenvalue weighted by atomic mass is 16.3. The number of carbonyl (C=O) groups is 1. The second kappa shape index (κ2) is 5.38. The van der Waals surface area contributed by atoms with Gasteiger partial charge in [-0.3, -0.25) is 4.79 Å². The molecule has 1 amide bonds. The number of aryl methyl sites for hydroxylation is 2. The van der Waals surface area contributed by atoms with Crippen LogP contribution in [-0.4, -0.2) is 34.0 Å². The minimum absolute atomic E-state index is 0.0209. The van der Waals surface area contributed by atoms with E-state index in [4.69, 9.17) is 0 Å². The SMILES string of the molecule is CCN(CC)C(=O)c1nc2c(cc1O)CCCC2. The molecule has 0 bridgehead atoms. The van der Waals surface area contributed by atoms with Crippen molar-refractivity contribution in [3.05, 3.63) is 23.0 Å². The van der Waals surface area contributed by atoms with Gasteiger partial charge < -0.3 is 10.0 Å². The van der Waals surface area contributed by atoms with E-state index in [1.807, 2.05) is 13.8 Å². The average Bonchev–Trinajstić information content (AvgIpc) is 2.39. The van der Waals surface area contributed by atoms with Crippen LogP contribution in [0, 0.1) is 0 Å². The molecule has 0 spiro atoms. The molecule has 0 fully saturated rings. The molecule has 0 aliphatic heterocycles. The zero-order valence-electron chi connectivity index (χ0n) is 11.1. The summed E-state index contributed by atoms with van der Waals surface area (Å²) >= 11 is 0. The predicted octanol–water partition coefficient (Wildman–Crippen LogP) is 2.15. The molecule has 0 saturated heterocycles. The lowest BCUT2D eigenvalue weighted by atomic mass is 9.95. The maximum Gasteiger partial charge on any atom is 0.276 e. The summed E-state index contributed by atoms with van der Waals surface area (Å²) in [4.78, 5) is 18.3. The van der Waals surface area contributed by atoms with Crippen LogP contribution in [-0.2, 0) is 12.8 Å². The van der Waals surface area contributed by atoms with Crippen molar-refractivity contribution in [3.63, 3.8) is 0 Å². The lowest BCUT2D eigenvalue weighted by Crippen LogP contribution is -2.31. The van der Waals surface area contributed by atoms with Crippen LogP contribution < -0.4 is 0 Å². The topological polar surface area (TPSA) is 53.4 Å². The number of pyridine rings is 1. The molecule has 1 aromatic rings. The van der Waals surface area contributed by atoms with E-state index < -0.39 is 0 Å². The quantitative estimate of drug-likeness (QED) is 0.891. The molecule has 0 aromatic carbocycles. The largest absolute Gasteiger partial charge is 0.505 e. The lowest BCUT2D eigenvalue weighted by molar-refractivity contribution is 0.0763. The van der Waals surface area contributed by atoms with Crippen molar-refractivity contribution in [2.24, 2.45) is 0 Å². The van der Waals surface area contributed by atoms with Gasteiger partial charge in [0.2, 0.25) is 0 Å². The number of aromatic nitrogens is 1. The van der Waals surface area contributed by atoms with E-state index in [0.717, 1.165) is 36.9 Å². The van der Waals surface area contributed by atoms with Gasteiger partial charge in [0.1, 0.15) is 5.75 Å². The van der Waals surface area contributed by atoms with Gasteiger partial charge in [0.25, 0.3) is 5.91 Å². The summed E-state index contributed by atoms with van der Waals surface area (Å²) in [6.45, 7) is 5.12. The van der Waals surface area contributed by atoms with E-state index in [1.54, 1.807) is 11.0 Å². The third-order valence-corrected chi connectivity index (χ3v) is 3.53. The number of aromatic hydroxyl groups is 1. The van der Waals surface area contributed by atoms with Crippen LogP contribution in [0.5, 0.6) is 5.75 Å². The minimum atomic E-state index is -0.175. The molecule has 0 unspecified atom stereocenters. The molecule has 98 valence electrons. The van der Waals surface area contributed by atoms with Crippen LogP contribution in [0.15, 0.2) is 6.07 Å². The molecule has 0 atom stereocenters. The summed E-state index contributed by atoms with van der Waals surface area (Å²) in [6, 6.07) is 1.72. The highest BCUT2D eigenvalue weighted by Crippen LogP contribution is 2.26. The van der Waals surface area contributed by atoms with Crippen LogP contribution in [0.1, 0.15) is 48.4 Å². The highest BCUT2D eigenvalue weighted by molar-refractivity contribution is 5.95. The fourth-order valence-corrected chi connectivity index (χ4v) is 2.44. The van der Waals surface area contributed by atoms with Gasteiger partial charge in [0.15, 0.2) is 5.69 Å². The molecular formula is C14H20N2O2. The van der Waals surface area contributed by atoms with Crippen LogP contribution in [0.3, 0.4) is 0 Å².